The molecule has 1 heterocycles. The lowest BCUT2D eigenvalue weighted by Gasteiger charge is -2.33. The highest BCUT2D eigenvalue weighted by atomic mass is 79.9. The molecule has 0 fully saturated rings. The maximum absolute atomic E-state index is 3.78. The van der Waals surface area contributed by atoms with Crippen LogP contribution in [0.4, 0.5) is 0 Å². The van der Waals surface area contributed by atoms with E-state index < -0.39 is 0 Å². The summed E-state index contributed by atoms with van der Waals surface area (Å²) in [6.07, 6.45) is 38.9. The van der Waals surface area contributed by atoms with E-state index in [9.17, 15) is 0 Å². The zero-order valence-electron chi connectivity index (χ0n) is 52.7. The molecule has 1 nitrogen and oxygen atoms in total. The van der Waals surface area contributed by atoms with E-state index in [1.54, 1.807) is 22.3 Å². The molecule has 3 aliphatic carbocycles. The smallest absolute Gasteiger partial charge is 0.0541 e. The molecule has 0 radical (unpaired) electrons. The average molecular weight is 1190 g/mol. The van der Waals surface area contributed by atoms with E-state index in [-0.39, 0.29) is 10.8 Å². The molecule has 444 valence electrons. The minimum absolute atomic E-state index is 0.107. The topological polar surface area (TPSA) is 4.93 Å². The lowest BCUT2D eigenvalue weighted by atomic mass is 9.70. The Kier molecular flexibility index (Phi) is 22.7. The van der Waals surface area contributed by atoms with Gasteiger partial charge in [-0.05, 0) is 135 Å². The summed E-state index contributed by atoms with van der Waals surface area (Å²) in [6.45, 7) is 9.24. The van der Waals surface area contributed by atoms with Crippen LogP contribution in [0.1, 0.15) is 241 Å². The molecule has 0 saturated carbocycles. The Morgan fingerprint density at radius 2 is 0.635 bits per heavy atom. The fourth-order valence-electron chi connectivity index (χ4n) is 15.4. The highest BCUT2D eigenvalue weighted by Gasteiger charge is 2.43. The average Bonchev–Trinajstić information content (AvgIpc) is 2.49. The summed E-state index contributed by atoms with van der Waals surface area (Å²) in [5.41, 5.74) is 22.2. The Balaban J connectivity index is 0.000000161. The van der Waals surface area contributed by atoms with Crippen molar-refractivity contribution in [3.8, 4) is 39.1 Å². The van der Waals surface area contributed by atoms with Crippen LogP contribution in [-0.2, 0) is 17.3 Å². The zero-order valence-corrected chi connectivity index (χ0v) is 54.2. The number of nitrogens with zero attached hydrogens (tertiary/aromatic N) is 1. The second-order valence-electron chi connectivity index (χ2n) is 25.6. The normalized spacial score (nSPS) is 13.5. The van der Waals surface area contributed by atoms with Gasteiger partial charge in [0, 0.05) is 31.8 Å². The Bertz CT molecular complexity index is 3410. The van der Waals surface area contributed by atoms with Crippen molar-refractivity contribution in [3.05, 3.63) is 220 Å². The van der Waals surface area contributed by atoms with Crippen LogP contribution in [0.3, 0.4) is 0 Å². The monoisotopic (exact) mass is 1190 g/mol. The molecule has 0 spiro atoms. The van der Waals surface area contributed by atoms with Crippen molar-refractivity contribution in [2.75, 3.05) is 0 Å². The largest absolute Gasteiger partial charge is 0.309 e. The predicted octanol–water partition coefficient (Wildman–Crippen LogP) is 26.0. The van der Waals surface area contributed by atoms with E-state index in [1.807, 2.05) is 0 Å². The van der Waals surface area contributed by atoms with Crippen LogP contribution < -0.4 is 0 Å². The number of para-hydroxylation sites is 2. The number of fused-ring (bicyclic) bond motifs is 12. The van der Waals surface area contributed by atoms with Crippen molar-refractivity contribution in [3.63, 3.8) is 0 Å². The fourth-order valence-corrected chi connectivity index (χ4v) is 15.8. The fraction of sp³-hybridized carbons (Fsp3) is 0.422. The Labute approximate surface area is 522 Å². The second kappa shape index (κ2) is 31.1. The number of rotatable bonds is 29. The van der Waals surface area contributed by atoms with Crippen LogP contribution in [0, 0.1) is 0 Å². The molecule has 3 aliphatic rings. The molecular formula is C83H100BrN. The van der Waals surface area contributed by atoms with Gasteiger partial charge in [0.15, 0.2) is 0 Å². The summed E-state index contributed by atoms with van der Waals surface area (Å²) < 4.78 is 3.73. The van der Waals surface area contributed by atoms with Gasteiger partial charge in [0.2, 0.25) is 0 Å². The number of halogens is 1. The highest BCUT2D eigenvalue weighted by Crippen LogP contribution is 2.56. The van der Waals surface area contributed by atoms with Gasteiger partial charge in [-0.1, -0.05) is 343 Å². The van der Waals surface area contributed by atoms with Gasteiger partial charge in [-0.25, -0.2) is 0 Å². The summed E-state index contributed by atoms with van der Waals surface area (Å²) in [4.78, 5) is 0. The lowest BCUT2D eigenvalue weighted by Crippen LogP contribution is -2.25. The first-order valence-corrected chi connectivity index (χ1v) is 35.0. The van der Waals surface area contributed by atoms with Crippen molar-refractivity contribution in [1.29, 1.82) is 0 Å². The molecule has 0 N–H and O–H groups in total. The van der Waals surface area contributed by atoms with Gasteiger partial charge in [-0.3, -0.25) is 0 Å². The van der Waals surface area contributed by atoms with Crippen LogP contribution in [0.25, 0.3) is 60.9 Å². The van der Waals surface area contributed by atoms with E-state index in [0.717, 1.165) is 6.42 Å². The Hall–Kier alpha value is -5.96. The van der Waals surface area contributed by atoms with E-state index in [1.165, 1.54) is 256 Å². The first-order valence-electron chi connectivity index (χ1n) is 34.2. The summed E-state index contributed by atoms with van der Waals surface area (Å²) >= 11 is 3.78. The van der Waals surface area contributed by atoms with Gasteiger partial charge in [-0.15, -0.1) is 0 Å². The van der Waals surface area contributed by atoms with Crippen molar-refractivity contribution in [2.45, 2.75) is 225 Å². The first kappa shape index (κ1) is 62.1. The van der Waals surface area contributed by atoms with Gasteiger partial charge in [0.1, 0.15) is 0 Å². The van der Waals surface area contributed by atoms with Crippen LogP contribution >= 0.6 is 15.9 Å². The summed E-state index contributed by atoms with van der Waals surface area (Å²) in [5, 5.41) is 2.67. The van der Waals surface area contributed by atoms with Crippen molar-refractivity contribution < 1.29 is 0 Å². The SMILES string of the molecule is CCCCCCCCC1(CCCCCCCC)c2ccccc2-c2ccc(-n3c4ccccc4c4ccccc43)cc21.CCCCCCCCC1(CCCCCCCC)c2ccccc2-c2ccc(Br)cc21.c1ccc2c(c1)Cc1ccccc1-2. The maximum Gasteiger partial charge on any atom is 0.0541 e. The minimum Gasteiger partial charge on any atom is -0.309 e. The Morgan fingerprint density at radius 3 is 1.07 bits per heavy atom. The molecule has 0 aliphatic heterocycles. The van der Waals surface area contributed by atoms with Gasteiger partial charge in [0.25, 0.3) is 0 Å². The minimum atomic E-state index is 0.107. The number of benzene rings is 8. The standard InChI is InChI=1S/C41H49N.C29H41Br.C13H10/c1-3-5-7-9-11-19-29-41(30-20-12-10-8-6-4-2)37-24-16-13-21-33(37)34-28-27-32(31-38(34)41)42-39-25-17-14-22-35(39)36-23-15-18-26-40(36)42;1-3-5-7-9-11-15-21-29(22-16-12-10-8-6-4-2)27-18-14-13-17-25(27)26-20-19-24(30)23-28(26)29;1-3-7-12-10(5-1)9-11-6-2-4-8-13(11)12/h13-18,21-28,31H,3-12,19-20,29-30H2,1-2H3;13-14,17-20,23H,3-12,15-16,21-22H2,1-2H3;1-8H,9H2. The number of hydrogen-bond acceptors (Lipinski definition) is 0. The molecule has 0 saturated heterocycles. The summed E-state index contributed by atoms with van der Waals surface area (Å²) in [7, 11) is 0. The van der Waals surface area contributed by atoms with E-state index in [0.29, 0.717) is 0 Å². The van der Waals surface area contributed by atoms with Crippen molar-refractivity contribution >= 4 is 37.7 Å². The third kappa shape index (κ3) is 14.2. The molecule has 1 aromatic heterocycles. The summed E-state index contributed by atoms with van der Waals surface area (Å²) in [6, 6.07) is 68.2. The maximum atomic E-state index is 3.78. The molecular weight excluding hydrogens is 1090 g/mol. The highest BCUT2D eigenvalue weighted by molar-refractivity contribution is 9.10. The van der Waals surface area contributed by atoms with Gasteiger partial charge in [-0.2, -0.15) is 0 Å². The third-order valence-corrected chi connectivity index (χ3v) is 20.3. The molecule has 0 amide bonds. The molecule has 0 unspecified atom stereocenters. The quantitative estimate of drug-likeness (QED) is 0.0412. The van der Waals surface area contributed by atoms with E-state index in [4.69, 9.17) is 0 Å². The molecule has 0 atom stereocenters. The lowest BCUT2D eigenvalue weighted by molar-refractivity contribution is 0.397. The van der Waals surface area contributed by atoms with Crippen LogP contribution in [-0.4, -0.2) is 4.57 Å². The molecule has 12 rings (SSSR count). The number of unbranched alkanes of at least 4 members (excludes halogenated alkanes) is 20. The Morgan fingerprint density at radius 1 is 0.306 bits per heavy atom. The molecule has 9 aromatic rings. The third-order valence-electron chi connectivity index (χ3n) is 19.9. The van der Waals surface area contributed by atoms with Crippen LogP contribution in [0.15, 0.2) is 186 Å². The number of aromatic nitrogens is 1. The van der Waals surface area contributed by atoms with Crippen molar-refractivity contribution in [1.82, 2.24) is 4.57 Å². The van der Waals surface area contributed by atoms with Gasteiger partial charge in [0.05, 0.1) is 11.0 Å². The molecule has 8 aromatic carbocycles. The molecule has 0 bridgehead atoms. The van der Waals surface area contributed by atoms with Gasteiger partial charge >= 0.3 is 0 Å². The first-order chi connectivity index (χ1) is 42.0. The molecule has 85 heavy (non-hydrogen) atoms. The number of hydrogen-bond donors (Lipinski definition) is 0. The summed E-state index contributed by atoms with van der Waals surface area (Å²) in [5.74, 6) is 0. The second-order valence-corrected chi connectivity index (χ2v) is 26.5. The van der Waals surface area contributed by atoms with Gasteiger partial charge < -0.3 is 4.57 Å². The van der Waals surface area contributed by atoms with Crippen molar-refractivity contribution in [2.24, 2.45) is 0 Å². The predicted molar refractivity (Wildman–Crippen MR) is 374 cm³/mol. The van der Waals surface area contributed by atoms with E-state index >= 15 is 0 Å². The van der Waals surface area contributed by atoms with E-state index in [2.05, 4.69) is 230 Å². The zero-order chi connectivity index (χ0) is 58.7. The van der Waals surface area contributed by atoms with Crippen LogP contribution in [0.2, 0.25) is 0 Å². The molecule has 2 heteroatoms. The van der Waals surface area contributed by atoms with Crippen LogP contribution in [0.5, 0.6) is 0 Å².